The van der Waals surface area contributed by atoms with Gasteiger partial charge >= 0.3 is 5.97 Å². The first-order valence-electron chi connectivity index (χ1n) is 7.23. The molecule has 4 nitrogen and oxygen atoms in total. The minimum absolute atomic E-state index is 0.416. The van der Waals surface area contributed by atoms with E-state index in [1.54, 1.807) is 0 Å². The van der Waals surface area contributed by atoms with Gasteiger partial charge in [0.1, 0.15) is 6.04 Å². The van der Waals surface area contributed by atoms with Crippen molar-refractivity contribution in [3.05, 3.63) is 0 Å². The van der Waals surface area contributed by atoms with E-state index in [0.29, 0.717) is 6.54 Å². The van der Waals surface area contributed by atoms with Crippen LogP contribution < -0.4 is 5.32 Å². The molecule has 0 aromatic rings. The number of rotatable bonds is 7. The summed E-state index contributed by atoms with van der Waals surface area (Å²) in [4.78, 5) is 13.5. The predicted molar refractivity (Wildman–Crippen MR) is 73.7 cm³/mol. The van der Waals surface area contributed by atoms with Crippen molar-refractivity contribution in [2.24, 2.45) is 11.8 Å². The van der Waals surface area contributed by atoms with Crippen molar-refractivity contribution in [3.8, 4) is 0 Å². The number of likely N-dealkylation sites (tertiary alicyclic amines) is 1. The van der Waals surface area contributed by atoms with Gasteiger partial charge in [-0.1, -0.05) is 20.8 Å². The lowest BCUT2D eigenvalue weighted by molar-refractivity contribution is -0.140. The fraction of sp³-hybridized carbons (Fsp3) is 0.929. The van der Waals surface area contributed by atoms with Crippen LogP contribution in [0.1, 0.15) is 40.0 Å². The Labute approximate surface area is 111 Å². The van der Waals surface area contributed by atoms with Crippen LogP contribution in [0.25, 0.3) is 0 Å². The van der Waals surface area contributed by atoms with E-state index in [9.17, 15) is 9.90 Å². The van der Waals surface area contributed by atoms with Gasteiger partial charge in [0, 0.05) is 6.54 Å². The third-order valence-corrected chi connectivity index (χ3v) is 3.95. The Bertz CT molecular complexity index is 248. The third-order valence-electron chi connectivity index (χ3n) is 3.95. The van der Waals surface area contributed by atoms with Crippen LogP contribution in [-0.4, -0.2) is 48.2 Å². The Kier molecular flexibility index (Phi) is 6.65. The molecule has 1 unspecified atom stereocenters. The van der Waals surface area contributed by atoms with Crippen LogP contribution in [0, 0.1) is 11.8 Å². The summed E-state index contributed by atoms with van der Waals surface area (Å²) in [6, 6.07) is -0.416. The van der Waals surface area contributed by atoms with Gasteiger partial charge in [0.2, 0.25) is 0 Å². The third kappa shape index (κ3) is 4.94. The first kappa shape index (κ1) is 15.4. The topological polar surface area (TPSA) is 52.6 Å². The van der Waals surface area contributed by atoms with Crippen molar-refractivity contribution in [1.82, 2.24) is 10.2 Å². The molecule has 0 aromatic carbocycles. The zero-order valence-corrected chi connectivity index (χ0v) is 12.0. The number of carbonyl (C=O) groups is 1. The van der Waals surface area contributed by atoms with Crippen molar-refractivity contribution < 1.29 is 9.90 Å². The lowest BCUT2D eigenvalue weighted by Gasteiger charge is -2.35. The summed E-state index contributed by atoms with van der Waals surface area (Å²) < 4.78 is 0. The highest BCUT2D eigenvalue weighted by atomic mass is 16.4. The van der Waals surface area contributed by atoms with Crippen LogP contribution in [0.2, 0.25) is 0 Å². The molecule has 1 aliphatic heterocycles. The number of nitrogens with one attached hydrogen (secondary N) is 1. The second kappa shape index (κ2) is 7.74. The van der Waals surface area contributed by atoms with Gasteiger partial charge in [0.05, 0.1) is 0 Å². The van der Waals surface area contributed by atoms with E-state index in [4.69, 9.17) is 0 Å². The van der Waals surface area contributed by atoms with Crippen molar-refractivity contribution in [2.45, 2.75) is 46.1 Å². The fourth-order valence-corrected chi connectivity index (χ4v) is 2.61. The number of hydrogen-bond acceptors (Lipinski definition) is 3. The number of carboxylic acid groups (broad SMARTS) is 1. The number of aliphatic carboxylic acids is 1. The molecule has 1 aliphatic rings. The zero-order chi connectivity index (χ0) is 13.5. The van der Waals surface area contributed by atoms with E-state index in [1.165, 1.54) is 12.8 Å². The van der Waals surface area contributed by atoms with Gasteiger partial charge in [-0.25, -0.2) is 0 Å². The molecule has 0 saturated carbocycles. The fourth-order valence-electron chi connectivity index (χ4n) is 2.61. The highest BCUT2D eigenvalue weighted by Crippen LogP contribution is 2.24. The molecule has 0 amide bonds. The van der Waals surface area contributed by atoms with Crippen LogP contribution in [-0.2, 0) is 4.79 Å². The Morgan fingerprint density at radius 1 is 1.39 bits per heavy atom. The van der Waals surface area contributed by atoms with Gasteiger partial charge in [0.25, 0.3) is 0 Å². The lowest BCUT2D eigenvalue weighted by Crippen LogP contribution is -2.48. The molecule has 0 bridgehead atoms. The molecular formula is C14H28N2O2. The molecule has 4 heteroatoms. The van der Waals surface area contributed by atoms with Crippen LogP contribution >= 0.6 is 0 Å². The number of nitrogens with zero attached hydrogens (tertiary/aromatic N) is 1. The average molecular weight is 256 g/mol. The molecular weight excluding hydrogens is 228 g/mol. The first-order chi connectivity index (χ1) is 8.54. The van der Waals surface area contributed by atoms with E-state index in [1.807, 2.05) is 0 Å². The Morgan fingerprint density at radius 2 is 2.00 bits per heavy atom. The maximum Gasteiger partial charge on any atom is 0.322 e. The number of carboxylic acids is 1. The van der Waals surface area contributed by atoms with E-state index < -0.39 is 12.0 Å². The van der Waals surface area contributed by atoms with E-state index in [0.717, 1.165) is 37.9 Å². The SMILES string of the molecule is CCCNC(CN1CCC(C(C)C)CC1)C(=O)O. The Morgan fingerprint density at radius 3 is 2.44 bits per heavy atom. The zero-order valence-electron chi connectivity index (χ0n) is 12.0. The minimum Gasteiger partial charge on any atom is -0.480 e. The van der Waals surface area contributed by atoms with E-state index in [2.05, 4.69) is 31.0 Å². The molecule has 18 heavy (non-hydrogen) atoms. The maximum atomic E-state index is 11.2. The standard InChI is InChI=1S/C14H28N2O2/c1-4-7-15-13(14(17)18)10-16-8-5-12(6-9-16)11(2)3/h11-13,15H,4-10H2,1-3H3,(H,17,18). The van der Waals surface area contributed by atoms with Crippen molar-refractivity contribution >= 4 is 5.97 Å². The minimum atomic E-state index is -0.727. The summed E-state index contributed by atoms with van der Waals surface area (Å²) >= 11 is 0. The molecule has 1 saturated heterocycles. The molecule has 0 spiro atoms. The molecule has 1 atom stereocenters. The largest absolute Gasteiger partial charge is 0.480 e. The van der Waals surface area contributed by atoms with Gasteiger partial charge in [-0.3, -0.25) is 4.79 Å². The first-order valence-corrected chi connectivity index (χ1v) is 7.23. The molecule has 2 N–H and O–H groups in total. The summed E-state index contributed by atoms with van der Waals surface area (Å²) in [6.45, 7) is 10.1. The molecule has 0 aromatic heterocycles. The van der Waals surface area contributed by atoms with Gasteiger partial charge in [0.15, 0.2) is 0 Å². The smallest absolute Gasteiger partial charge is 0.322 e. The normalized spacial score (nSPS) is 20.2. The summed E-state index contributed by atoms with van der Waals surface area (Å²) in [5.74, 6) is 0.836. The molecule has 0 radical (unpaired) electrons. The van der Waals surface area contributed by atoms with Crippen LogP contribution in [0.4, 0.5) is 0 Å². The highest BCUT2D eigenvalue weighted by molar-refractivity contribution is 5.73. The lowest BCUT2D eigenvalue weighted by atomic mass is 9.86. The number of hydrogen-bond donors (Lipinski definition) is 2. The van der Waals surface area contributed by atoms with E-state index >= 15 is 0 Å². The summed E-state index contributed by atoms with van der Waals surface area (Å²) in [6.07, 6.45) is 3.38. The summed E-state index contributed by atoms with van der Waals surface area (Å²) in [7, 11) is 0. The van der Waals surface area contributed by atoms with Crippen molar-refractivity contribution in [1.29, 1.82) is 0 Å². The number of piperidine rings is 1. The molecule has 0 aliphatic carbocycles. The monoisotopic (exact) mass is 256 g/mol. The highest BCUT2D eigenvalue weighted by Gasteiger charge is 2.25. The van der Waals surface area contributed by atoms with Crippen LogP contribution in [0.3, 0.4) is 0 Å². The van der Waals surface area contributed by atoms with Gasteiger partial charge in [-0.15, -0.1) is 0 Å². The Hall–Kier alpha value is -0.610. The quantitative estimate of drug-likeness (QED) is 0.729. The van der Waals surface area contributed by atoms with E-state index in [-0.39, 0.29) is 0 Å². The van der Waals surface area contributed by atoms with Crippen molar-refractivity contribution in [2.75, 3.05) is 26.2 Å². The molecule has 1 heterocycles. The predicted octanol–water partition coefficient (Wildman–Crippen LogP) is 1.81. The van der Waals surface area contributed by atoms with Crippen LogP contribution in [0.15, 0.2) is 0 Å². The maximum absolute atomic E-state index is 11.2. The summed E-state index contributed by atoms with van der Waals surface area (Å²) in [5.41, 5.74) is 0. The van der Waals surface area contributed by atoms with Gasteiger partial charge < -0.3 is 15.3 Å². The van der Waals surface area contributed by atoms with Crippen molar-refractivity contribution in [3.63, 3.8) is 0 Å². The molecule has 1 fully saturated rings. The second-order valence-electron chi connectivity index (χ2n) is 5.73. The van der Waals surface area contributed by atoms with Gasteiger partial charge in [-0.2, -0.15) is 0 Å². The van der Waals surface area contributed by atoms with Crippen LogP contribution in [0.5, 0.6) is 0 Å². The molecule has 1 rings (SSSR count). The average Bonchev–Trinajstić information content (AvgIpc) is 2.34. The second-order valence-corrected chi connectivity index (χ2v) is 5.73. The summed E-state index contributed by atoms with van der Waals surface area (Å²) in [5, 5.41) is 12.3. The Balaban J connectivity index is 2.35. The molecule has 106 valence electrons. The van der Waals surface area contributed by atoms with Gasteiger partial charge in [-0.05, 0) is 50.7 Å².